The molecule has 0 radical (unpaired) electrons. The molecule has 2 atom stereocenters. The highest BCUT2D eigenvalue weighted by Crippen LogP contribution is 2.28. The van der Waals surface area contributed by atoms with E-state index in [9.17, 15) is 4.55 Å². The molecule has 2 rings (SSSR count). The number of rotatable bonds is 3. The van der Waals surface area contributed by atoms with Crippen molar-refractivity contribution in [2.75, 3.05) is 0 Å². The van der Waals surface area contributed by atoms with Crippen LogP contribution in [0.1, 0.15) is 50.4 Å². The Hall–Kier alpha value is -0.550. The summed E-state index contributed by atoms with van der Waals surface area (Å²) in [7, 11) is 0. The normalized spacial score (nSPS) is 18.5. The lowest BCUT2D eigenvalue weighted by atomic mass is 9.99. The molecular weight excluding hydrogens is 246 g/mol. The van der Waals surface area contributed by atoms with E-state index in [1.54, 1.807) is 0 Å². The van der Waals surface area contributed by atoms with Crippen LogP contribution in [0.15, 0.2) is 18.2 Å². The standard InChI is InChI=1S/C14H21NO2S/c1-10(15-18(16)14(2,3)4)12-7-5-6-11-8-17-9-13(11)12/h5-7,10,15H,8-9H2,1-4H3/t10-,18?/m0/s1. The SMILES string of the molecule is C[C@H](N[S+]([O-])C(C)(C)C)c1cccc2c1COC2. The van der Waals surface area contributed by atoms with Crippen LogP contribution >= 0.6 is 0 Å². The van der Waals surface area contributed by atoms with E-state index in [1.807, 2.05) is 26.8 Å². The van der Waals surface area contributed by atoms with Gasteiger partial charge in [-0.1, -0.05) is 18.2 Å². The number of ether oxygens (including phenoxy) is 1. The molecule has 1 N–H and O–H groups in total. The van der Waals surface area contributed by atoms with Crippen LogP contribution in [0.5, 0.6) is 0 Å². The molecule has 0 aliphatic carbocycles. The topological polar surface area (TPSA) is 44.3 Å². The van der Waals surface area contributed by atoms with Crippen molar-refractivity contribution in [3.8, 4) is 0 Å². The van der Waals surface area contributed by atoms with Gasteiger partial charge in [0.15, 0.2) is 0 Å². The van der Waals surface area contributed by atoms with Gasteiger partial charge in [-0.2, -0.15) is 0 Å². The first kappa shape index (κ1) is 13.9. The Bertz CT molecular complexity index is 428. The Morgan fingerprint density at radius 3 is 2.72 bits per heavy atom. The zero-order chi connectivity index (χ0) is 13.3. The minimum Gasteiger partial charge on any atom is -0.598 e. The summed E-state index contributed by atoms with van der Waals surface area (Å²) in [5, 5.41) is 0. The van der Waals surface area contributed by atoms with Gasteiger partial charge >= 0.3 is 0 Å². The summed E-state index contributed by atoms with van der Waals surface area (Å²) < 4.78 is 20.5. The van der Waals surface area contributed by atoms with Crippen LogP contribution in [0.2, 0.25) is 0 Å². The first-order valence-corrected chi connectivity index (χ1v) is 7.41. The summed E-state index contributed by atoms with van der Waals surface area (Å²) in [4.78, 5) is 0. The van der Waals surface area contributed by atoms with E-state index < -0.39 is 11.4 Å². The second-order valence-electron chi connectivity index (χ2n) is 5.70. The summed E-state index contributed by atoms with van der Waals surface area (Å²) in [5.41, 5.74) is 3.70. The third-order valence-corrected chi connectivity index (χ3v) is 4.80. The Kier molecular flexibility index (Phi) is 4.02. The molecule has 0 bridgehead atoms. The second kappa shape index (κ2) is 5.21. The van der Waals surface area contributed by atoms with Gasteiger partial charge in [-0.25, -0.2) is 0 Å². The molecular formula is C14H21NO2S. The van der Waals surface area contributed by atoms with E-state index in [2.05, 4.69) is 23.8 Å². The van der Waals surface area contributed by atoms with Crippen molar-refractivity contribution in [2.24, 2.45) is 0 Å². The lowest BCUT2D eigenvalue weighted by molar-refractivity contribution is 0.134. The third kappa shape index (κ3) is 2.88. The van der Waals surface area contributed by atoms with Crippen LogP contribution in [0.25, 0.3) is 0 Å². The van der Waals surface area contributed by atoms with E-state index in [1.165, 1.54) is 16.7 Å². The average Bonchev–Trinajstić information content (AvgIpc) is 2.74. The summed E-state index contributed by atoms with van der Waals surface area (Å²) in [5.74, 6) is 0. The van der Waals surface area contributed by atoms with Crippen LogP contribution in [-0.2, 0) is 29.3 Å². The largest absolute Gasteiger partial charge is 0.598 e. The zero-order valence-corrected chi connectivity index (χ0v) is 12.3. The minimum atomic E-state index is -1.06. The highest BCUT2D eigenvalue weighted by Gasteiger charge is 2.29. The maximum Gasteiger partial charge on any atom is 0.136 e. The first-order chi connectivity index (χ1) is 8.39. The number of hydrogen-bond donors (Lipinski definition) is 1. The summed E-state index contributed by atoms with van der Waals surface area (Å²) in [6.07, 6.45) is 0. The molecule has 1 aliphatic heterocycles. The van der Waals surface area contributed by atoms with Crippen LogP contribution in [-0.4, -0.2) is 9.30 Å². The molecule has 1 aromatic rings. The van der Waals surface area contributed by atoms with Crippen molar-refractivity contribution < 1.29 is 9.29 Å². The van der Waals surface area contributed by atoms with Gasteiger partial charge in [0.05, 0.1) is 19.3 Å². The maximum atomic E-state index is 12.1. The predicted octanol–water partition coefficient (Wildman–Crippen LogP) is 2.83. The fourth-order valence-electron chi connectivity index (χ4n) is 2.04. The van der Waals surface area contributed by atoms with Crippen molar-refractivity contribution in [3.63, 3.8) is 0 Å². The predicted molar refractivity (Wildman–Crippen MR) is 74.4 cm³/mol. The van der Waals surface area contributed by atoms with Gasteiger partial charge in [-0.3, -0.25) is 0 Å². The number of nitrogens with one attached hydrogen (secondary N) is 1. The fourth-order valence-corrected chi connectivity index (χ4v) is 2.84. The molecule has 0 aromatic heterocycles. The quantitative estimate of drug-likeness (QED) is 0.856. The van der Waals surface area contributed by atoms with Crippen molar-refractivity contribution in [1.29, 1.82) is 0 Å². The van der Waals surface area contributed by atoms with Gasteiger partial charge in [-0.15, -0.1) is 4.72 Å². The Morgan fingerprint density at radius 1 is 1.33 bits per heavy atom. The van der Waals surface area contributed by atoms with Crippen molar-refractivity contribution >= 4 is 11.4 Å². The van der Waals surface area contributed by atoms with Gasteiger partial charge in [-0.05, 0) is 44.4 Å². The monoisotopic (exact) mass is 267 g/mol. The van der Waals surface area contributed by atoms with E-state index in [4.69, 9.17) is 4.74 Å². The van der Waals surface area contributed by atoms with Crippen LogP contribution in [0.3, 0.4) is 0 Å². The van der Waals surface area contributed by atoms with Gasteiger partial charge in [0.2, 0.25) is 0 Å². The smallest absolute Gasteiger partial charge is 0.136 e. The minimum absolute atomic E-state index is 0.0710. The summed E-state index contributed by atoms with van der Waals surface area (Å²) in [6, 6.07) is 6.30. The lowest BCUT2D eigenvalue weighted by Crippen LogP contribution is -2.40. The first-order valence-electron chi connectivity index (χ1n) is 6.26. The number of benzene rings is 1. The molecule has 0 amide bonds. The number of hydrogen-bond acceptors (Lipinski definition) is 3. The van der Waals surface area contributed by atoms with Gasteiger partial charge in [0.1, 0.15) is 4.75 Å². The highest BCUT2D eigenvalue weighted by atomic mass is 32.2. The van der Waals surface area contributed by atoms with Gasteiger partial charge < -0.3 is 9.29 Å². The fraction of sp³-hybridized carbons (Fsp3) is 0.571. The molecule has 4 heteroatoms. The molecule has 0 spiro atoms. The molecule has 100 valence electrons. The van der Waals surface area contributed by atoms with Gasteiger partial charge in [0.25, 0.3) is 0 Å². The Labute approximate surface area is 112 Å². The van der Waals surface area contributed by atoms with Gasteiger partial charge in [0, 0.05) is 11.4 Å². The van der Waals surface area contributed by atoms with Crippen molar-refractivity contribution in [2.45, 2.75) is 51.7 Å². The van der Waals surface area contributed by atoms with Crippen LogP contribution < -0.4 is 4.72 Å². The molecule has 1 heterocycles. The molecule has 0 saturated heterocycles. The van der Waals surface area contributed by atoms with Crippen LogP contribution in [0, 0.1) is 0 Å². The third-order valence-electron chi connectivity index (χ3n) is 3.12. The molecule has 3 nitrogen and oxygen atoms in total. The van der Waals surface area contributed by atoms with Crippen molar-refractivity contribution in [3.05, 3.63) is 34.9 Å². The van der Waals surface area contributed by atoms with Crippen molar-refractivity contribution in [1.82, 2.24) is 4.72 Å². The Balaban J connectivity index is 2.15. The maximum absolute atomic E-state index is 12.1. The van der Waals surface area contributed by atoms with E-state index in [-0.39, 0.29) is 10.8 Å². The second-order valence-corrected chi connectivity index (χ2v) is 7.70. The summed E-state index contributed by atoms with van der Waals surface area (Å²) in [6.45, 7) is 9.33. The van der Waals surface area contributed by atoms with E-state index in [0.29, 0.717) is 13.2 Å². The zero-order valence-electron chi connectivity index (χ0n) is 11.4. The molecule has 18 heavy (non-hydrogen) atoms. The van der Waals surface area contributed by atoms with E-state index in [0.717, 1.165) is 0 Å². The van der Waals surface area contributed by atoms with Crippen LogP contribution in [0.4, 0.5) is 0 Å². The molecule has 1 aliphatic rings. The summed E-state index contributed by atoms with van der Waals surface area (Å²) >= 11 is -1.06. The molecule has 0 fully saturated rings. The Morgan fingerprint density at radius 2 is 2.06 bits per heavy atom. The molecule has 0 saturated carbocycles. The lowest BCUT2D eigenvalue weighted by Gasteiger charge is -2.27. The molecule has 1 aromatic carbocycles. The average molecular weight is 267 g/mol. The van der Waals surface area contributed by atoms with E-state index >= 15 is 0 Å². The number of fused-ring (bicyclic) bond motifs is 1. The molecule has 1 unspecified atom stereocenters. The highest BCUT2D eigenvalue weighted by molar-refractivity contribution is 7.90.